The van der Waals surface area contributed by atoms with E-state index in [9.17, 15) is 0 Å². The molecule has 0 aromatic heterocycles. The van der Waals surface area contributed by atoms with Crippen molar-refractivity contribution < 1.29 is 0 Å². The average molecular weight is 182 g/mol. The van der Waals surface area contributed by atoms with E-state index in [1.165, 1.54) is 25.7 Å². The summed E-state index contributed by atoms with van der Waals surface area (Å²) in [4.78, 5) is 0. The first-order chi connectivity index (χ1) is 6.06. The molecule has 1 aliphatic carbocycles. The van der Waals surface area contributed by atoms with Crippen LogP contribution in [0.5, 0.6) is 0 Å². The van der Waals surface area contributed by atoms with Crippen molar-refractivity contribution >= 4 is 0 Å². The molecular weight excluding hydrogens is 156 g/mol. The van der Waals surface area contributed by atoms with Gasteiger partial charge in [0.1, 0.15) is 0 Å². The van der Waals surface area contributed by atoms with Crippen LogP contribution in [0, 0.1) is 23.2 Å². The maximum atomic E-state index is 2.52. The summed E-state index contributed by atoms with van der Waals surface area (Å²) in [5.41, 5.74) is 0.671. The molecule has 0 radical (unpaired) electrons. The zero-order chi connectivity index (χ0) is 10.1. The van der Waals surface area contributed by atoms with Crippen LogP contribution in [0.1, 0.15) is 60.3 Å². The third-order valence-corrected chi connectivity index (χ3v) is 4.58. The van der Waals surface area contributed by atoms with Gasteiger partial charge in [0, 0.05) is 0 Å². The molecule has 4 atom stereocenters. The van der Waals surface area contributed by atoms with E-state index in [1.54, 1.807) is 0 Å². The van der Waals surface area contributed by atoms with Crippen molar-refractivity contribution in [3.8, 4) is 0 Å². The fourth-order valence-corrected chi connectivity index (χ4v) is 3.67. The summed E-state index contributed by atoms with van der Waals surface area (Å²) in [5.74, 6) is 2.90. The zero-order valence-corrected chi connectivity index (χ0v) is 10.1. The van der Waals surface area contributed by atoms with Crippen LogP contribution in [0.3, 0.4) is 0 Å². The van der Waals surface area contributed by atoms with Gasteiger partial charge in [-0.25, -0.2) is 0 Å². The molecule has 1 aliphatic rings. The van der Waals surface area contributed by atoms with Crippen LogP contribution < -0.4 is 0 Å². The van der Waals surface area contributed by atoms with E-state index in [0.29, 0.717) is 5.41 Å². The predicted octanol–water partition coefficient (Wildman–Crippen LogP) is 4.49. The molecule has 0 aliphatic heterocycles. The van der Waals surface area contributed by atoms with Crippen LogP contribution in [-0.2, 0) is 0 Å². The molecule has 13 heavy (non-hydrogen) atoms. The molecule has 0 aromatic rings. The first kappa shape index (κ1) is 11.1. The normalized spacial score (nSPS) is 41.3. The lowest BCUT2D eigenvalue weighted by Gasteiger charge is -2.56. The van der Waals surface area contributed by atoms with Gasteiger partial charge in [0.05, 0.1) is 0 Å². The largest absolute Gasteiger partial charge is 0.0654 e. The molecule has 0 spiro atoms. The molecule has 0 aromatic carbocycles. The minimum atomic E-state index is 0.671. The van der Waals surface area contributed by atoms with Crippen LogP contribution in [-0.4, -0.2) is 0 Å². The molecule has 0 nitrogen and oxygen atoms in total. The molecule has 1 fully saturated rings. The highest BCUT2D eigenvalue weighted by atomic mass is 14.5. The minimum absolute atomic E-state index is 0.671. The fourth-order valence-electron chi connectivity index (χ4n) is 3.67. The first-order valence-electron chi connectivity index (χ1n) is 6.06. The average Bonchev–Trinajstić information content (AvgIpc) is 2.04. The predicted molar refractivity (Wildman–Crippen MR) is 59.7 cm³/mol. The summed E-state index contributed by atoms with van der Waals surface area (Å²) in [6, 6.07) is 0. The van der Waals surface area contributed by atoms with Crippen molar-refractivity contribution in [2.75, 3.05) is 0 Å². The summed E-state index contributed by atoms with van der Waals surface area (Å²) < 4.78 is 0. The van der Waals surface area contributed by atoms with Gasteiger partial charge in [-0.05, 0) is 29.6 Å². The molecule has 1 rings (SSSR count). The highest BCUT2D eigenvalue weighted by Gasteiger charge is 2.49. The molecule has 0 amide bonds. The topological polar surface area (TPSA) is 0 Å². The number of hydrogen-bond donors (Lipinski definition) is 0. The summed E-state index contributed by atoms with van der Waals surface area (Å²) in [6.07, 6.45) is 5.61. The zero-order valence-electron chi connectivity index (χ0n) is 10.1. The van der Waals surface area contributed by atoms with Gasteiger partial charge in [0.2, 0.25) is 0 Å². The summed E-state index contributed by atoms with van der Waals surface area (Å²) in [7, 11) is 0. The standard InChI is InChI=1S/C13H26/c1-6-8-11(4)13(5)9-10(3)12(13)7-2/h10-12H,6-9H2,1-5H3. The van der Waals surface area contributed by atoms with Crippen LogP contribution in [0.15, 0.2) is 0 Å². The van der Waals surface area contributed by atoms with Crippen LogP contribution in [0.4, 0.5) is 0 Å². The molecule has 4 unspecified atom stereocenters. The van der Waals surface area contributed by atoms with E-state index in [2.05, 4.69) is 34.6 Å². The minimum Gasteiger partial charge on any atom is -0.0654 e. The van der Waals surface area contributed by atoms with Gasteiger partial charge in [-0.3, -0.25) is 0 Å². The van der Waals surface area contributed by atoms with Gasteiger partial charge in [-0.2, -0.15) is 0 Å². The third-order valence-electron chi connectivity index (χ3n) is 4.58. The Morgan fingerprint density at radius 2 is 2.00 bits per heavy atom. The second kappa shape index (κ2) is 4.02. The van der Waals surface area contributed by atoms with Gasteiger partial charge >= 0.3 is 0 Å². The molecule has 0 bridgehead atoms. The lowest BCUT2D eigenvalue weighted by molar-refractivity contribution is -0.0671. The van der Waals surface area contributed by atoms with E-state index >= 15 is 0 Å². The number of rotatable bonds is 4. The smallest absolute Gasteiger partial charge is 0.0267 e. The Kier molecular flexibility index (Phi) is 3.43. The van der Waals surface area contributed by atoms with E-state index in [0.717, 1.165) is 17.8 Å². The van der Waals surface area contributed by atoms with Gasteiger partial charge in [0.15, 0.2) is 0 Å². The van der Waals surface area contributed by atoms with Gasteiger partial charge in [0.25, 0.3) is 0 Å². The van der Waals surface area contributed by atoms with E-state index < -0.39 is 0 Å². The van der Waals surface area contributed by atoms with Crippen molar-refractivity contribution in [3.63, 3.8) is 0 Å². The van der Waals surface area contributed by atoms with Crippen molar-refractivity contribution in [1.82, 2.24) is 0 Å². The Hall–Kier alpha value is 0. The van der Waals surface area contributed by atoms with Crippen molar-refractivity contribution in [2.45, 2.75) is 60.3 Å². The molecule has 0 N–H and O–H groups in total. The van der Waals surface area contributed by atoms with Crippen molar-refractivity contribution in [3.05, 3.63) is 0 Å². The van der Waals surface area contributed by atoms with E-state index in [1.807, 2.05) is 0 Å². The monoisotopic (exact) mass is 182 g/mol. The SMILES string of the molecule is CCCC(C)C1(C)CC(C)C1CC. The lowest BCUT2D eigenvalue weighted by atomic mass is 9.49. The Morgan fingerprint density at radius 3 is 2.38 bits per heavy atom. The van der Waals surface area contributed by atoms with Crippen LogP contribution in [0.25, 0.3) is 0 Å². The Labute approximate surface area is 84.1 Å². The van der Waals surface area contributed by atoms with Crippen LogP contribution >= 0.6 is 0 Å². The van der Waals surface area contributed by atoms with Gasteiger partial charge in [-0.15, -0.1) is 0 Å². The van der Waals surface area contributed by atoms with Crippen LogP contribution in [0.2, 0.25) is 0 Å². The van der Waals surface area contributed by atoms with Gasteiger partial charge in [-0.1, -0.05) is 53.9 Å². The molecule has 1 saturated carbocycles. The fraction of sp³-hybridized carbons (Fsp3) is 1.00. The highest BCUT2D eigenvalue weighted by Crippen LogP contribution is 2.57. The molecule has 0 heteroatoms. The Bertz CT molecular complexity index is 161. The molecule has 0 heterocycles. The summed E-state index contributed by atoms with van der Waals surface area (Å²) in [5, 5.41) is 0. The molecule has 0 saturated heterocycles. The Morgan fingerprint density at radius 1 is 1.38 bits per heavy atom. The second-order valence-electron chi connectivity index (χ2n) is 5.39. The summed E-state index contributed by atoms with van der Waals surface area (Å²) >= 11 is 0. The van der Waals surface area contributed by atoms with E-state index in [-0.39, 0.29) is 0 Å². The lowest BCUT2D eigenvalue weighted by Crippen LogP contribution is -2.48. The second-order valence-corrected chi connectivity index (χ2v) is 5.39. The third kappa shape index (κ3) is 1.78. The van der Waals surface area contributed by atoms with Crippen molar-refractivity contribution in [1.29, 1.82) is 0 Å². The first-order valence-corrected chi connectivity index (χ1v) is 6.06. The Balaban J connectivity index is 2.56. The van der Waals surface area contributed by atoms with Crippen molar-refractivity contribution in [2.24, 2.45) is 23.2 Å². The van der Waals surface area contributed by atoms with Gasteiger partial charge < -0.3 is 0 Å². The quantitative estimate of drug-likeness (QED) is 0.600. The highest BCUT2D eigenvalue weighted by molar-refractivity contribution is 4.98. The molecular formula is C13H26. The molecule has 78 valence electrons. The maximum Gasteiger partial charge on any atom is -0.0267 e. The number of hydrogen-bond acceptors (Lipinski definition) is 0. The summed E-state index contributed by atoms with van der Waals surface area (Å²) in [6.45, 7) is 12.1. The maximum absolute atomic E-state index is 2.52. The van der Waals surface area contributed by atoms with E-state index in [4.69, 9.17) is 0 Å².